The smallest absolute Gasteiger partial charge is 0.253 e. The highest BCUT2D eigenvalue weighted by atomic mass is 16.3. The van der Waals surface area contributed by atoms with Gasteiger partial charge < -0.3 is 15.3 Å². The van der Waals surface area contributed by atoms with E-state index in [4.69, 9.17) is 0 Å². The molecule has 6 heteroatoms. The predicted octanol–water partition coefficient (Wildman–Crippen LogP) is 0.397. The third-order valence-corrected chi connectivity index (χ3v) is 4.40. The Morgan fingerprint density at radius 2 is 1.75 bits per heavy atom. The second kappa shape index (κ2) is 7.15. The molecule has 128 valence electrons. The summed E-state index contributed by atoms with van der Waals surface area (Å²) in [7, 11) is 0. The minimum atomic E-state index is -0.565. The van der Waals surface area contributed by atoms with Gasteiger partial charge >= 0.3 is 0 Å². The lowest BCUT2D eigenvalue weighted by Gasteiger charge is -2.37. The Morgan fingerprint density at radius 3 is 2.38 bits per heavy atom. The van der Waals surface area contributed by atoms with Gasteiger partial charge in [-0.1, -0.05) is 30.3 Å². The van der Waals surface area contributed by atoms with E-state index in [0.717, 1.165) is 32.7 Å². The van der Waals surface area contributed by atoms with Gasteiger partial charge in [0.1, 0.15) is 11.4 Å². The largest absolute Gasteiger partial charge is 0.392 e. The lowest BCUT2D eigenvalue weighted by molar-refractivity contribution is 0.208. The Bertz CT molecular complexity index is 743. The van der Waals surface area contributed by atoms with Crippen molar-refractivity contribution < 1.29 is 5.11 Å². The van der Waals surface area contributed by atoms with Crippen molar-refractivity contribution in [2.75, 3.05) is 42.9 Å². The molecule has 2 N–H and O–H groups in total. The first kappa shape index (κ1) is 16.7. The van der Waals surface area contributed by atoms with Gasteiger partial charge in [0.15, 0.2) is 0 Å². The number of rotatable bonds is 6. The molecule has 0 saturated carbocycles. The SMILES string of the molecule is C[C@H](O)CNc1c(N2CCN(Cc3ccccc3)CC2)c(=O)c1=O. The van der Waals surface area contributed by atoms with Crippen molar-refractivity contribution in [1.29, 1.82) is 0 Å². The van der Waals surface area contributed by atoms with Gasteiger partial charge in [-0.25, -0.2) is 0 Å². The summed E-state index contributed by atoms with van der Waals surface area (Å²) in [4.78, 5) is 28.0. The molecule has 0 aliphatic carbocycles. The van der Waals surface area contributed by atoms with Crippen LogP contribution in [0.15, 0.2) is 39.9 Å². The van der Waals surface area contributed by atoms with Crippen LogP contribution < -0.4 is 21.1 Å². The number of benzene rings is 1. The molecule has 1 saturated heterocycles. The highest BCUT2D eigenvalue weighted by molar-refractivity contribution is 5.75. The van der Waals surface area contributed by atoms with Crippen molar-refractivity contribution in [3.8, 4) is 0 Å². The first-order chi connectivity index (χ1) is 11.6. The van der Waals surface area contributed by atoms with E-state index in [9.17, 15) is 14.7 Å². The predicted molar refractivity (Wildman–Crippen MR) is 95.5 cm³/mol. The second-order valence-corrected chi connectivity index (χ2v) is 6.36. The van der Waals surface area contributed by atoms with Gasteiger partial charge in [0.25, 0.3) is 10.9 Å². The van der Waals surface area contributed by atoms with Crippen LogP contribution in [0.2, 0.25) is 0 Å². The van der Waals surface area contributed by atoms with Gasteiger partial charge in [0.2, 0.25) is 0 Å². The van der Waals surface area contributed by atoms with E-state index < -0.39 is 17.0 Å². The van der Waals surface area contributed by atoms with Crippen LogP contribution in [0.4, 0.5) is 11.4 Å². The molecule has 2 aromatic carbocycles. The average Bonchev–Trinajstić information content (AvgIpc) is 2.59. The number of hydrogen-bond acceptors (Lipinski definition) is 6. The highest BCUT2D eigenvalue weighted by Gasteiger charge is 2.28. The van der Waals surface area contributed by atoms with E-state index in [0.29, 0.717) is 11.4 Å². The molecule has 2 aromatic rings. The zero-order valence-electron chi connectivity index (χ0n) is 13.9. The summed E-state index contributed by atoms with van der Waals surface area (Å²) in [5.41, 5.74) is 1.23. The molecule has 1 fully saturated rings. The molecule has 1 atom stereocenters. The summed E-state index contributed by atoms with van der Waals surface area (Å²) in [6.07, 6.45) is -0.565. The number of aliphatic hydroxyl groups is 1. The molecule has 0 bridgehead atoms. The Balaban J connectivity index is 1.60. The summed E-state index contributed by atoms with van der Waals surface area (Å²) >= 11 is 0. The van der Waals surface area contributed by atoms with E-state index >= 15 is 0 Å². The monoisotopic (exact) mass is 329 g/mol. The van der Waals surface area contributed by atoms with Crippen molar-refractivity contribution in [3.05, 3.63) is 56.3 Å². The maximum Gasteiger partial charge on any atom is 0.253 e. The van der Waals surface area contributed by atoms with E-state index in [1.165, 1.54) is 5.56 Å². The number of hydrogen-bond donors (Lipinski definition) is 2. The van der Waals surface area contributed by atoms with Crippen LogP contribution in [0.1, 0.15) is 12.5 Å². The standard InChI is InChI=1S/C18H23N3O3/c1-13(22)11-19-15-16(18(24)17(15)23)21-9-7-20(8-10-21)12-14-5-3-2-4-6-14/h2-6,13,19,22H,7-12H2,1H3/t13-/m0/s1. The molecule has 1 aliphatic heterocycles. The van der Waals surface area contributed by atoms with E-state index in [-0.39, 0.29) is 6.54 Å². The molecule has 0 amide bonds. The van der Waals surface area contributed by atoms with Crippen LogP contribution >= 0.6 is 0 Å². The van der Waals surface area contributed by atoms with Crippen molar-refractivity contribution in [3.63, 3.8) is 0 Å². The number of piperazine rings is 1. The fourth-order valence-electron chi connectivity index (χ4n) is 3.07. The molecule has 24 heavy (non-hydrogen) atoms. The van der Waals surface area contributed by atoms with E-state index in [2.05, 4.69) is 22.3 Å². The van der Waals surface area contributed by atoms with E-state index in [1.54, 1.807) is 6.92 Å². The normalized spacial score (nSPS) is 17.2. The van der Waals surface area contributed by atoms with Crippen LogP contribution in [0.25, 0.3) is 0 Å². The van der Waals surface area contributed by atoms with Crippen molar-refractivity contribution in [2.45, 2.75) is 19.6 Å². The summed E-state index contributed by atoms with van der Waals surface area (Å²) in [5.74, 6) is 0. The second-order valence-electron chi connectivity index (χ2n) is 6.36. The van der Waals surface area contributed by atoms with Crippen LogP contribution in [0, 0.1) is 0 Å². The average molecular weight is 329 g/mol. The number of nitrogens with zero attached hydrogens (tertiary/aromatic N) is 2. The minimum absolute atomic E-state index is 0.270. The first-order valence-electron chi connectivity index (χ1n) is 8.32. The molecule has 1 aliphatic rings. The maximum absolute atomic E-state index is 11.9. The van der Waals surface area contributed by atoms with E-state index in [1.807, 2.05) is 23.1 Å². The van der Waals surface area contributed by atoms with Gasteiger partial charge in [-0.2, -0.15) is 0 Å². The third kappa shape index (κ3) is 3.49. The van der Waals surface area contributed by atoms with Crippen molar-refractivity contribution >= 4 is 11.4 Å². The molecular weight excluding hydrogens is 306 g/mol. The van der Waals surface area contributed by atoms with Gasteiger partial charge in [-0.15, -0.1) is 0 Å². The zero-order chi connectivity index (χ0) is 17.1. The van der Waals surface area contributed by atoms with Crippen LogP contribution in [0.3, 0.4) is 0 Å². The van der Waals surface area contributed by atoms with Gasteiger partial charge in [-0.3, -0.25) is 14.5 Å². The Morgan fingerprint density at radius 1 is 1.08 bits per heavy atom. The van der Waals surface area contributed by atoms with Crippen molar-refractivity contribution in [1.82, 2.24) is 4.90 Å². The number of anilines is 2. The topological polar surface area (TPSA) is 72.9 Å². The molecule has 0 spiro atoms. The molecule has 0 radical (unpaired) electrons. The summed E-state index contributed by atoms with van der Waals surface area (Å²) in [6, 6.07) is 10.3. The highest BCUT2D eigenvalue weighted by Crippen LogP contribution is 2.22. The summed E-state index contributed by atoms with van der Waals surface area (Å²) < 4.78 is 0. The number of nitrogens with one attached hydrogen (secondary N) is 1. The molecule has 0 aromatic heterocycles. The fraction of sp³-hybridized carbons (Fsp3) is 0.444. The zero-order valence-corrected chi connectivity index (χ0v) is 13.9. The Labute approximate surface area is 141 Å². The lowest BCUT2D eigenvalue weighted by Crippen LogP contribution is -2.51. The number of aliphatic hydroxyl groups excluding tert-OH is 1. The van der Waals surface area contributed by atoms with Crippen LogP contribution in [-0.4, -0.2) is 48.8 Å². The molecule has 6 nitrogen and oxygen atoms in total. The van der Waals surface area contributed by atoms with Gasteiger partial charge in [-0.05, 0) is 12.5 Å². The van der Waals surface area contributed by atoms with Crippen molar-refractivity contribution in [2.24, 2.45) is 0 Å². The Hall–Kier alpha value is -2.18. The Kier molecular flexibility index (Phi) is 4.97. The van der Waals surface area contributed by atoms with Gasteiger partial charge in [0, 0.05) is 39.3 Å². The minimum Gasteiger partial charge on any atom is -0.392 e. The van der Waals surface area contributed by atoms with Crippen LogP contribution in [-0.2, 0) is 6.54 Å². The molecular formula is C18H23N3O3. The van der Waals surface area contributed by atoms with Gasteiger partial charge in [0.05, 0.1) is 6.10 Å². The first-order valence-corrected chi connectivity index (χ1v) is 8.32. The molecule has 3 rings (SSSR count). The summed E-state index contributed by atoms with van der Waals surface area (Å²) in [5, 5.41) is 12.2. The summed E-state index contributed by atoms with van der Waals surface area (Å²) in [6.45, 7) is 5.95. The molecule has 1 heterocycles. The fourth-order valence-corrected chi connectivity index (χ4v) is 3.07. The van der Waals surface area contributed by atoms with Crippen LogP contribution in [0.5, 0.6) is 0 Å². The maximum atomic E-state index is 11.9. The lowest BCUT2D eigenvalue weighted by atomic mass is 10.1. The quantitative estimate of drug-likeness (QED) is 0.748. The third-order valence-electron chi connectivity index (χ3n) is 4.40. The molecule has 0 unspecified atom stereocenters.